The molecule has 0 aliphatic carbocycles. The molecule has 0 unspecified atom stereocenters. The summed E-state index contributed by atoms with van der Waals surface area (Å²) in [6.07, 6.45) is 3.41. The number of hydrogen-bond acceptors (Lipinski definition) is 1. The summed E-state index contributed by atoms with van der Waals surface area (Å²) in [7, 11) is 0. The Morgan fingerprint density at radius 2 is 1.70 bits per heavy atom. The van der Waals surface area contributed by atoms with Crippen LogP contribution in [0.15, 0.2) is 11.8 Å². The van der Waals surface area contributed by atoms with Crippen molar-refractivity contribution >= 4 is 0 Å². The highest BCUT2D eigenvalue weighted by molar-refractivity contribution is 4.95. The van der Waals surface area contributed by atoms with Crippen LogP contribution in [0.2, 0.25) is 0 Å². The van der Waals surface area contributed by atoms with Crippen LogP contribution in [0.3, 0.4) is 0 Å². The fourth-order valence-corrected chi connectivity index (χ4v) is 1.15. The highest BCUT2D eigenvalue weighted by atomic mass is 15.1. The minimum absolute atomic E-state index is 1.12. The molecule has 0 saturated carbocycles. The summed E-state index contributed by atoms with van der Waals surface area (Å²) in [6.45, 7) is 11.0. The van der Waals surface area contributed by atoms with Gasteiger partial charge in [0.1, 0.15) is 0 Å². The first kappa shape index (κ1) is 9.54. The third kappa shape index (κ3) is 2.90. The van der Waals surface area contributed by atoms with E-state index >= 15 is 0 Å². The summed E-state index contributed by atoms with van der Waals surface area (Å²) in [5, 5.41) is 0. The van der Waals surface area contributed by atoms with Gasteiger partial charge in [0.15, 0.2) is 0 Å². The number of nitrogens with zero attached hydrogens (tertiary/aromatic N) is 1. The van der Waals surface area contributed by atoms with Crippen molar-refractivity contribution in [2.24, 2.45) is 0 Å². The first-order valence-corrected chi connectivity index (χ1v) is 4.17. The largest absolute Gasteiger partial charge is 0.376 e. The molecule has 0 aliphatic heterocycles. The Bertz CT molecular complexity index is 101. The van der Waals surface area contributed by atoms with Crippen molar-refractivity contribution in [2.45, 2.75) is 34.1 Å². The molecule has 0 aromatic rings. The van der Waals surface area contributed by atoms with E-state index in [-0.39, 0.29) is 0 Å². The van der Waals surface area contributed by atoms with Crippen molar-refractivity contribution in [1.29, 1.82) is 0 Å². The molecule has 0 saturated heterocycles. The van der Waals surface area contributed by atoms with Gasteiger partial charge in [-0.25, -0.2) is 0 Å². The molecule has 0 fully saturated rings. The molecule has 1 nitrogen and oxygen atoms in total. The molecule has 0 aliphatic rings. The monoisotopic (exact) mass is 141 g/mol. The molecule has 0 atom stereocenters. The van der Waals surface area contributed by atoms with Gasteiger partial charge in [0, 0.05) is 18.8 Å². The number of hydrogen-bond donors (Lipinski definition) is 0. The second-order valence-corrected chi connectivity index (χ2v) is 2.43. The van der Waals surface area contributed by atoms with Crippen LogP contribution in [0.4, 0.5) is 0 Å². The van der Waals surface area contributed by atoms with Crippen molar-refractivity contribution < 1.29 is 0 Å². The van der Waals surface area contributed by atoms with Gasteiger partial charge >= 0.3 is 0 Å². The molecule has 0 heterocycles. The first-order chi connectivity index (χ1) is 4.76. The van der Waals surface area contributed by atoms with Crippen LogP contribution in [0.5, 0.6) is 0 Å². The SMILES string of the molecule is CC/C=C(\C)N(CC)CC. The lowest BCUT2D eigenvalue weighted by molar-refractivity contribution is 0.382. The fourth-order valence-electron chi connectivity index (χ4n) is 1.15. The van der Waals surface area contributed by atoms with Gasteiger partial charge in [-0.1, -0.05) is 13.0 Å². The van der Waals surface area contributed by atoms with E-state index in [1.807, 2.05) is 0 Å². The zero-order chi connectivity index (χ0) is 7.98. The maximum absolute atomic E-state index is 2.36. The van der Waals surface area contributed by atoms with Crippen LogP contribution < -0.4 is 0 Å². The average Bonchev–Trinajstić information content (AvgIpc) is 1.91. The molecule has 0 amide bonds. The number of allylic oxidation sites excluding steroid dienone is 2. The molecule has 0 aromatic heterocycles. The molecular weight excluding hydrogens is 122 g/mol. The van der Waals surface area contributed by atoms with Crippen molar-refractivity contribution in [1.82, 2.24) is 4.90 Å². The van der Waals surface area contributed by atoms with E-state index in [1.54, 1.807) is 0 Å². The molecule has 0 rings (SSSR count). The van der Waals surface area contributed by atoms with Gasteiger partial charge in [0.05, 0.1) is 0 Å². The van der Waals surface area contributed by atoms with Gasteiger partial charge in [-0.3, -0.25) is 0 Å². The van der Waals surface area contributed by atoms with Crippen LogP contribution in [-0.4, -0.2) is 18.0 Å². The zero-order valence-corrected chi connectivity index (χ0v) is 7.65. The van der Waals surface area contributed by atoms with E-state index < -0.39 is 0 Å². The highest BCUT2D eigenvalue weighted by Crippen LogP contribution is 2.02. The zero-order valence-electron chi connectivity index (χ0n) is 7.65. The van der Waals surface area contributed by atoms with Gasteiger partial charge < -0.3 is 4.90 Å². The van der Waals surface area contributed by atoms with E-state index in [0.717, 1.165) is 19.5 Å². The molecule has 1 heteroatoms. The van der Waals surface area contributed by atoms with Crippen molar-refractivity contribution in [3.8, 4) is 0 Å². The van der Waals surface area contributed by atoms with Gasteiger partial charge in [-0.15, -0.1) is 0 Å². The average molecular weight is 141 g/mol. The Morgan fingerprint density at radius 1 is 1.20 bits per heavy atom. The molecule has 0 N–H and O–H groups in total. The minimum atomic E-state index is 1.12. The van der Waals surface area contributed by atoms with Crippen molar-refractivity contribution in [3.63, 3.8) is 0 Å². The van der Waals surface area contributed by atoms with Crippen molar-refractivity contribution in [2.75, 3.05) is 13.1 Å². The Balaban J connectivity index is 3.87. The third-order valence-corrected chi connectivity index (χ3v) is 1.76. The summed E-state index contributed by atoms with van der Waals surface area (Å²) in [5.74, 6) is 0. The normalized spacial score (nSPS) is 11.8. The van der Waals surface area contributed by atoms with E-state index in [1.165, 1.54) is 5.70 Å². The van der Waals surface area contributed by atoms with E-state index in [9.17, 15) is 0 Å². The summed E-state index contributed by atoms with van der Waals surface area (Å²) in [6, 6.07) is 0. The maximum atomic E-state index is 2.36. The van der Waals surface area contributed by atoms with Crippen LogP contribution in [0.1, 0.15) is 34.1 Å². The van der Waals surface area contributed by atoms with Crippen molar-refractivity contribution in [3.05, 3.63) is 11.8 Å². The topological polar surface area (TPSA) is 3.24 Å². The van der Waals surface area contributed by atoms with Gasteiger partial charge in [0.2, 0.25) is 0 Å². The summed E-state index contributed by atoms with van der Waals surface area (Å²) >= 11 is 0. The fraction of sp³-hybridized carbons (Fsp3) is 0.778. The predicted octanol–water partition coefficient (Wildman–Crippen LogP) is 2.64. The standard InChI is InChI=1S/C9H19N/c1-5-8-9(4)10(6-2)7-3/h8H,5-7H2,1-4H3/b9-8+. The summed E-state index contributed by atoms with van der Waals surface area (Å²) in [5.41, 5.74) is 1.41. The first-order valence-electron chi connectivity index (χ1n) is 4.17. The lowest BCUT2D eigenvalue weighted by Gasteiger charge is -2.21. The van der Waals surface area contributed by atoms with Gasteiger partial charge in [0.25, 0.3) is 0 Å². The molecule has 0 aromatic carbocycles. The van der Waals surface area contributed by atoms with Crippen LogP contribution >= 0.6 is 0 Å². The predicted molar refractivity (Wildman–Crippen MR) is 47.0 cm³/mol. The van der Waals surface area contributed by atoms with Crippen LogP contribution in [-0.2, 0) is 0 Å². The third-order valence-electron chi connectivity index (χ3n) is 1.76. The van der Waals surface area contributed by atoms with Gasteiger partial charge in [-0.05, 0) is 27.2 Å². The van der Waals surface area contributed by atoms with Crippen LogP contribution in [0.25, 0.3) is 0 Å². The minimum Gasteiger partial charge on any atom is -0.376 e. The van der Waals surface area contributed by atoms with Gasteiger partial charge in [-0.2, -0.15) is 0 Å². The highest BCUT2D eigenvalue weighted by Gasteiger charge is 1.96. The summed E-state index contributed by atoms with van der Waals surface area (Å²) < 4.78 is 0. The molecule has 0 bridgehead atoms. The lowest BCUT2D eigenvalue weighted by Crippen LogP contribution is -2.20. The Morgan fingerprint density at radius 3 is 2.00 bits per heavy atom. The Hall–Kier alpha value is -0.460. The maximum Gasteiger partial charge on any atom is 0.0146 e. The number of rotatable bonds is 4. The second-order valence-electron chi connectivity index (χ2n) is 2.43. The second kappa shape index (κ2) is 5.33. The van der Waals surface area contributed by atoms with E-state index in [4.69, 9.17) is 0 Å². The smallest absolute Gasteiger partial charge is 0.0146 e. The van der Waals surface area contributed by atoms with Crippen LogP contribution in [0, 0.1) is 0 Å². The summed E-state index contributed by atoms with van der Waals surface area (Å²) in [4.78, 5) is 2.36. The Labute approximate surface area is 64.7 Å². The van der Waals surface area contributed by atoms with E-state index in [0.29, 0.717) is 0 Å². The molecule has 10 heavy (non-hydrogen) atoms. The molecule has 0 radical (unpaired) electrons. The molecule has 60 valence electrons. The molecule has 0 spiro atoms. The quantitative estimate of drug-likeness (QED) is 0.581. The Kier molecular flexibility index (Phi) is 5.09. The lowest BCUT2D eigenvalue weighted by atomic mass is 10.3. The molecular formula is C9H19N. The van der Waals surface area contributed by atoms with E-state index in [2.05, 4.69) is 38.7 Å².